The number of azo groups is 1. The number of anilines is 1. The maximum atomic E-state index is 12.3. The lowest BCUT2D eigenvalue weighted by atomic mass is 9.96. The van der Waals surface area contributed by atoms with Gasteiger partial charge >= 0.3 is 6.03 Å². The molecule has 2 aromatic rings. The summed E-state index contributed by atoms with van der Waals surface area (Å²) in [6.07, 6.45) is 5.94. The van der Waals surface area contributed by atoms with Gasteiger partial charge in [0.1, 0.15) is 5.66 Å². The lowest BCUT2D eigenvalue weighted by Gasteiger charge is -2.23. The summed E-state index contributed by atoms with van der Waals surface area (Å²) in [6, 6.07) is 14.0. The molecule has 1 fully saturated rings. The number of nitrogens with zero attached hydrogens (tertiary/aromatic N) is 2. The summed E-state index contributed by atoms with van der Waals surface area (Å²) in [7, 11) is 0. The molecule has 1 saturated carbocycles. The average Bonchev–Trinajstić information content (AvgIpc) is 2.60. The lowest BCUT2D eigenvalue weighted by molar-refractivity contribution is 0.240. The molecule has 0 unspecified atom stereocenters. The van der Waals surface area contributed by atoms with Crippen LogP contribution >= 0.6 is 0 Å². The van der Waals surface area contributed by atoms with E-state index in [9.17, 15) is 4.79 Å². The van der Waals surface area contributed by atoms with Crippen molar-refractivity contribution in [2.45, 2.75) is 57.7 Å². The van der Waals surface area contributed by atoms with E-state index in [0.717, 1.165) is 29.3 Å². The first-order valence-corrected chi connectivity index (χ1v) is 9.02. The molecule has 132 valence electrons. The number of carbonyl (C=O) groups is 1. The molecule has 0 radical (unpaired) electrons. The monoisotopic (exact) mass is 338 g/mol. The Kier molecular flexibility index (Phi) is 5.31. The van der Waals surface area contributed by atoms with E-state index >= 15 is 0 Å². The Hall–Kier alpha value is -2.43. The van der Waals surface area contributed by atoms with Crippen molar-refractivity contribution < 1.29 is 4.79 Å². The van der Waals surface area contributed by atoms with Crippen LogP contribution in [0.4, 0.5) is 10.5 Å². The second-order valence-electron chi connectivity index (χ2n) is 7.21. The number of benzene rings is 2. The second-order valence-corrected chi connectivity index (χ2v) is 7.21. The molecular formula is C20H26N4O. The van der Waals surface area contributed by atoms with E-state index in [1.165, 1.54) is 19.3 Å². The van der Waals surface area contributed by atoms with Crippen LogP contribution in [0.1, 0.15) is 46.0 Å². The molecule has 2 aromatic carbocycles. The SMILES string of the molecule is CC(C)(N=NC1CCCCC1)NC(=O)Nc1ccc2ccccc2c1. The predicted octanol–water partition coefficient (Wildman–Crippen LogP) is 5.48. The Morgan fingerprint density at radius 1 is 1.04 bits per heavy atom. The van der Waals surface area contributed by atoms with Crippen molar-refractivity contribution in [1.29, 1.82) is 0 Å². The topological polar surface area (TPSA) is 65.8 Å². The summed E-state index contributed by atoms with van der Waals surface area (Å²) in [5.74, 6) is 0. The van der Waals surface area contributed by atoms with Crippen LogP contribution in [0.2, 0.25) is 0 Å². The first kappa shape index (κ1) is 17.4. The fourth-order valence-electron chi connectivity index (χ4n) is 3.15. The Morgan fingerprint density at radius 2 is 1.76 bits per heavy atom. The van der Waals surface area contributed by atoms with Gasteiger partial charge in [0, 0.05) is 5.69 Å². The molecule has 5 nitrogen and oxygen atoms in total. The van der Waals surface area contributed by atoms with E-state index in [4.69, 9.17) is 0 Å². The van der Waals surface area contributed by atoms with Crippen LogP contribution in [-0.4, -0.2) is 17.7 Å². The molecule has 0 aromatic heterocycles. The van der Waals surface area contributed by atoms with E-state index in [-0.39, 0.29) is 6.03 Å². The summed E-state index contributed by atoms with van der Waals surface area (Å²) < 4.78 is 0. The van der Waals surface area contributed by atoms with Crippen molar-refractivity contribution in [1.82, 2.24) is 5.32 Å². The van der Waals surface area contributed by atoms with Crippen molar-refractivity contribution >= 4 is 22.5 Å². The number of fused-ring (bicyclic) bond motifs is 1. The molecular weight excluding hydrogens is 312 g/mol. The van der Waals surface area contributed by atoms with Gasteiger partial charge in [-0.3, -0.25) is 0 Å². The standard InChI is InChI=1S/C20H26N4O/c1-20(2,24-23-17-10-4-3-5-11-17)22-19(25)21-18-13-12-15-8-6-7-9-16(15)14-18/h6-9,12-14,17H,3-5,10-11H2,1-2H3,(H2,21,22,25). The first-order chi connectivity index (χ1) is 12.0. The Morgan fingerprint density at radius 3 is 2.52 bits per heavy atom. The fraction of sp³-hybridized carbons (Fsp3) is 0.450. The van der Waals surface area contributed by atoms with Gasteiger partial charge in [-0.2, -0.15) is 10.2 Å². The van der Waals surface area contributed by atoms with Crippen LogP contribution < -0.4 is 10.6 Å². The summed E-state index contributed by atoms with van der Waals surface area (Å²) in [5, 5.41) is 16.8. The van der Waals surface area contributed by atoms with Crippen LogP contribution in [0.5, 0.6) is 0 Å². The first-order valence-electron chi connectivity index (χ1n) is 9.02. The van der Waals surface area contributed by atoms with Gasteiger partial charge in [0.15, 0.2) is 0 Å². The van der Waals surface area contributed by atoms with Gasteiger partial charge in [0.05, 0.1) is 6.04 Å². The minimum atomic E-state index is -0.724. The molecule has 0 heterocycles. The van der Waals surface area contributed by atoms with E-state index < -0.39 is 5.66 Å². The summed E-state index contributed by atoms with van der Waals surface area (Å²) >= 11 is 0. The van der Waals surface area contributed by atoms with E-state index in [1.807, 2.05) is 56.3 Å². The summed E-state index contributed by atoms with van der Waals surface area (Å²) in [6.45, 7) is 3.72. The van der Waals surface area contributed by atoms with Gasteiger partial charge in [0.2, 0.25) is 0 Å². The molecule has 0 atom stereocenters. The molecule has 25 heavy (non-hydrogen) atoms. The molecule has 3 rings (SSSR count). The zero-order valence-corrected chi connectivity index (χ0v) is 15.0. The van der Waals surface area contributed by atoms with Crippen molar-refractivity contribution in [3.05, 3.63) is 42.5 Å². The molecule has 0 saturated heterocycles. The highest BCUT2D eigenvalue weighted by molar-refractivity contribution is 5.93. The maximum absolute atomic E-state index is 12.3. The van der Waals surface area contributed by atoms with Crippen molar-refractivity contribution in [2.75, 3.05) is 5.32 Å². The van der Waals surface area contributed by atoms with Crippen LogP contribution in [0.25, 0.3) is 10.8 Å². The lowest BCUT2D eigenvalue weighted by Crippen LogP contribution is -2.44. The van der Waals surface area contributed by atoms with E-state index in [1.54, 1.807) is 0 Å². The largest absolute Gasteiger partial charge is 0.321 e. The highest BCUT2D eigenvalue weighted by Gasteiger charge is 2.21. The number of urea groups is 1. The third-order valence-corrected chi connectivity index (χ3v) is 4.47. The van der Waals surface area contributed by atoms with Gasteiger partial charge in [-0.1, -0.05) is 49.6 Å². The maximum Gasteiger partial charge on any atom is 0.321 e. The Bertz CT molecular complexity index is 763. The van der Waals surface area contributed by atoms with E-state index in [2.05, 4.69) is 20.9 Å². The Balaban J connectivity index is 1.58. The van der Waals surface area contributed by atoms with Crippen LogP contribution in [0.15, 0.2) is 52.7 Å². The molecule has 2 N–H and O–H groups in total. The van der Waals surface area contributed by atoms with E-state index in [0.29, 0.717) is 6.04 Å². The van der Waals surface area contributed by atoms with Gasteiger partial charge in [-0.25, -0.2) is 4.79 Å². The highest BCUT2D eigenvalue weighted by Crippen LogP contribution is 2.22. The minimum absolute atomic E-state index is 0.275. The van der Waals surface area contributed by atoms with Crippen molar-refractivity contribution in [2.24, 2.45) is 10.2 Å². The zero-order valence-electron chi connectivity index (χ0n) is 15.0. The molecule has 1 aliphatic carbocycles. The second kappa shape index (κ2) is 7.64. The number of amides is 2. The van der Waals surface area contributed by atoms with Crippen molar-refractivity contribution in [3.63, 3.8) is 0 Å². The molecule has 0 spiro atoms. The normalized spacial score (nSPS) is 16.2. The molecule has 1 aliphatic rings. The quantitative estimate of drug-likeness (QED) is 0.712. The third kappa shape index (κ3) is 5.02. The average molecular weight is 338 g/mol. The Labute approximate surface area is 148 Å². The molecule has 0 bridgehead atoms. The smallest absolute Gasteiger partial charge is 0.312 e. The number of carbonyl (C=O) groups excluding carboxylic acids is 1. The van der Waals surface area contributed by atoms with Crippen LogP contribution in [-0.2, 0) is 0 Å². The van der Waals surface area contributed by atoms with Gasteiger partial charge in [0.25, 0.3) is 0 Å². The summed E-state index contributed by atoms with van der Waals surface area (Å²) in [5.41, 5.74) is 0.0366. The van der Waals surface area contributed by atoms with Gasteiger partial charge < -0.3 is 10.6 Å². The number of rotatable bonds is 4. The minimum Gasteiger partial charge on any atom is -0.312 e. The zero-order chi connectivity index (χ0) is 17.7. The number of nitrogens with one attached hydrogen (secondary N) is 2. The molecule has 5 heteroatoms. The third-order valence-electron chi connectivity index (χ3n) is 4.47. The highest BCUT2D eigenvalue weighted by atomic mass is 16.2. The van der Waals surface area contributed by atoms with Gasteiger partial charge in [-0.15, -0.1) is 0 Å². The molecule has 0 aliphatic heterocycles. The molecule has 2 amide bonds. The summed E-state index contributed by atoms with van der Waals surface area (Å²) in [4.78, 5) is 12.3. The number of hydrogen-bond donors (Lipinski definition) is 2. The van der Waals surface area contributed by atoms with Gasteiger partial charge in [-0.05, 0) is 49.6 Å². The fourth-order valence-corrected chi connectivity index (χ4v) is 3.15. The van der Waals surface area contributed by atoms with Crippen molar-refractivity contribution in [3.8, 4) is 0 Å². The predicted molar refractivity (Wildman–Crippen MR) is 102 cm³/mol. The number of hydrogen-bond acceptors (Lipinski definition) is 3. The van der Waals surface area contributed by atoms with Crippen LogP contribution in [0.3, 0.4) is 0 Å². The van der Waals surface area contributed by atoms with Crippen LogP contribution in [0, 0.1) is 0 Å².